The maximum absolute atomic E-state index is 14.8. The van der Waals surface area contributed by atoms with Crippen molar-refractivity contribution in [2.45, 2.75) is 68.8 Å². The highest BCUT2D eigenvalue weighted by Crippen LogP contribution is 2.29. The van der Waals surface area contributed by atoms with Gasteiger partial charge in [-0.1, -0.05) is 31.2 Å². The van der Waals surface area contributed by atoms with Crippen LogP contribution in [-0.2, 0) is 15.3 Å². The first kappa shape index (κ1) is 28.3. The number of ether oxygens (including phenoxy) is 1. The second-order valence-electron chi connectivity index (χ2n) is 9.90. The summed E-state index contributed by atoms with van der Waals surface area (Å²) in [6.07, 6.45) is 5.97. The van der Waals surface area contributed by atoms with Crippen LogP contribution in [0, 0.1) is 11.6 Å². The molecule has 0 spiro atoms. The molecule has 0 radical (unpaired) electrons. The molecule has 0 aliphatic carbocycles. The van der Waals surface area contributed by atoms with Crippen LogP contribution in [0.1, 0.15) is 61.9 Å². The van der Waals surface area contributed by atoms with Crippen LogP contribution in [0.2, 0.25) is 0 Å². The van der Waals surface area contributed by atoms with Gasteiger partial charge in [-0.3, -0.25) is 9.59 Å². The van der Waals surface area contributed by atoms with Gasteiger partial charge >= 0.3 is 0 Å². The summed E-state index contributed by atoms with van der Waals surface area (Å²) >= 11 is 1.38. The number of thioether (sulfide) groups is 1. The molecule has 2 aliphatic heterocycles. The van der Waals surface area contributed by atoms with Gasteiger partial charge in [-0.15, -0.1) is 11.8 Å². The SMILES string of the molecule is CC/C=C(\C)C(=O)N1CCC(OC2CCN(C(=O)c3ccc(F)c(F)c3CSc3ccccc3)CC2)CC1. The van der Waals surface area contributed by atoms with Crippen LogP contribution >= 0.6 is 11.8 Å². The normalized spacial score (nSPS) is 17.6. The van der Waals surface area contributed by atoms with Gasteiger partial charge in [0, 0.05) is 53.5 Å². The zero-order chi connectivity index (χ0) is 27.1. The second-order valence-corrected chi connectivity index (χ2v) is 11.0. The number of hydrogen-bond donors (Lipinski definition) is 0. The minimum Gasteiger partial charge on any atom is -0.375 e. The van der Waals surface area contributed by atoms with Crippen molar-refractivity contribution in [2.75, 3.05) is 26.2 Å². The van der Waals surface area contributed by atoms with Gasteiger partial charge in [0.25, 0.3) is 5.91 Å². The van der Waals surface area contributed by atoms with Gasteiger partial charge in [-0.2, -0.15) is 0 Å². The molecule has 0 saturated carbocycles. The van der Waals surface area contributed by atoms with E-state index in [1.807, 2.05) is 55.2 Å². The van der Waals surface area contributed by atoms with Crippen LogP contribution in [0.25, 0.3) is 0 Å². The topological polar surface area (TPSA) is 49.9 Å². The largest absolute Gasteiger partial charge is 0.375 e. The maximum Gasteiger partial charge on any atom is 0.254 e. The van der Waals surface area contributed by atoms with E-state index in [2.05, 4.69) is 0 Å². The van der Waals surface area contributed by atoms with Gasteiger partial charge in [0.05, 0.1) is 12.2 Å². The Kier molecular flexibility index (Phi) is 9.97. The Morgan fingerprint density at radius 2 is 1.55 bits per heavy atom. The van der Waals surface area contributed by atoms with E-state index < -0.39 is 11.6 Å². The molecule has 2 aromatic carbocycles. The van der Waals surface area contributed by atoms with E-state index in [1.165, 1.54) is 17.8 Å². The van der Waals surface area contributed by atoms with Crippen molar-refractivity contribution in [1.29, 1.82) is 0 Å². The van der Waals surface area contributed by atoms with Crippen molar-refractivity contribution >= 4 is 23.6 Å². The Hall–Kier alpha value is -2.71. The fraction of sp³-hybridized carbons (Fsp3) is 0.467. The standard InChI is InChI=1S/C30H36F2N2O3S/c1-3-7-21(2)29(35)33-16-12-22(13-17-33)37-23-14-18-34(19-15-23)30(36)25-10-11-27(31)28(32)26(25)20-38-24-8-5-4-6-9-24/h4-11,22-23H,3,12-20H2,1-2H3/b21-7+. The van der Waals surface area contributed by atoms with Gasteiger partial charge in [-0.25, -0.2) is 8.78 Å². The number of piperidine rings is 2. The lowest BCUT2D eigenvalue weighted by atomic mass is 10.0. The monoisotopic (exact) mass is 542 g/mol. The number of carbonyl (C=O) groups is 2. The first-order chi connectivity index (χ1) is 18.4. The highest BCUT2D eigenvalue weighted by Gasteiger charge is 2.30. The van der Waals surface area contributed by atoms with Crippen molar-refractivity contribution in [3.63, 3.8) is 0 Å². The molecule has 2 aliphatic rings. The number of amides is 2. The average Bonchev–Trinajstić information content (AvgIpc) is 2.94. The number of benzene rings is 2. The van der Waals surface area contributed by atoms with E-state index in [4.69, 9.17) is 4.74 Å². The van der Waals surface area contributed by atoms with Crippen LogP contribution in [0.3, 0.4) is 0 Å². The third kappa shape index (κ3) is 7.03. The third-order valence-electron chi connectivity index (χ3n) is 7.24. The van der Waals surface area contributed by atoms with Crippen molar-refractivity contribution in [1.82, 2.24) is 9.80 Å². The Morgan fingerprint density at radius 1 is 0.947 bits per heavy atom. The van der Waals surface area contributed by atoms with Crippen molar-refractivity contribution in [3.05, 3.63) is 76.9 Å². The molecule has 0 aromatic heterocycles. The molecule has 0 atom stereocenters. The minimum absolute atomic E-state index is 0.0473. The quantitative estimate of drug-likeness (QED) is 0.293. The maximum atomic E-state index is 14.8. The lowest BCUT2D eigenvalue weighted by Gasteiger charge is -2.37. The number of carbonyl (C=O) groups excluding carboxylic acids is 2. The van der Waals surface area contributed by atoms with Crippen LogP contribution in [0.4, 0.5) is 8.78 Å². The summed E-state index contributed by atoms with van der Waals surface area (Å²) in [6.45, 7) is 6.29. The van der Waals surface area contributed by atoms with Crippen molar-refractivity contribution < 1.29 is 23.1 Å². The van der Waals surface area contributed by atoms with Gasteiger partial charge in [0.15, 0.2) is 11.6 Å². The summed E-state index contributed by atoms with van der Waals surface area (Å²) in [6, 6.07) is 11.9. The summed E-state index contributed by atoms with van der Waals surface area (Å²) in [4.78, 5) is 30.4. The number of hydrogen-bond acceptors (Lipinski definition) is 4. The molecule has 8 heteroatoms. The van der Waals surface area contributed by atoms with E-state index >= 15 is 0 Å². The fourth-order valence-electron chi connectivity index (χ4n) is 5.08. The lowest BCUT2D eigenvalue weighted by molar-refractivity contribution is -0.131. The highest BCUT2D eigenvalue weighted by molar-refractivity contribution is 7.98. The molecule has 2 heterocycles. The molecule has 0 unspecified atom stereocenters. The van der Waals surface area contributed by atoms with Crippen LogP contribution < -0.4 is 0 Å². The first-order valence-electron chi connectivity index (χ1n) is 13.4. The van der Waals surface area contributed by atoms with E-state index in [1.54, 1.807) is 4.90 Å². The molecule has 2 saturated heterocycles. The molecular formula is C30H36F2N2O3S. The van der Waals surface area contributed by atoms with E-state index in [9.17, 15) is 18.4 Å². The number of nitrogens with zero attached hydrogens (tertiary/aromatic N) is 2. The Bertz CT molecular complexity index is 1140. The van der Waals surface area contributed by atoms with Crippen LogP contribution in [-0.4, -0.2) is 60.0 Å². The fourth-order valence-corrected chi connectivity index (χ4v) is 6.02. The molecule has 204 valence electrons. The molecule has 2 fully saturated rings. The van der Waals surface area contributed by atoms with Gasteiger partial charge in [0.1, 0.15) is 0 Å². The van der Waals surface area contributed by atoms with Crippen LogP contribution in [0.15, 0.2) is 59.0 Å². The summed E-state index contributed by atoms with van der Waals surface area (Å²) < 4.78 is 35.2. The average molecular weight is 543 g/mol. The van der Waals surface area contributed by atoms with Crippen LogP contribution in [0.5, 0.6) is 0 Å². The number of allylic oxidation sites excluding steroid dienone is 1. The second kappa shape index (κ2) is 13.4. The highest BCUT2D eigenvalue weighted by atomic mass is 32.2. The smallest absolute Gasteiger partial charge is 0.254 e. The first-order valence-corrected chi connectivity index (χ1v) is 14.4. The molecular weight excluding hydrogens is 506 g/mol. The molecule has 4 rings (SSSR count). The zero-order valence-corrected chi connectivity index (χ0v) is 22.9. The Labute approximate surface area is 228 Å². The van der Waals surface area contributed by atoms with Crippen molar-refractivity contribution in [3.8, 4) is 0 Å². The van der Waals surface area contributed by atoms with E-state index in [-0.39, 0.29) is 40.9 Å². The molecule has 2 aromatic rings. The molecule has 0 bridgehead atoms. The predicted octanol–water partition coefficient (Wildman–Crippen LogP) is 6.23. The lowest BCUT2D eigenvalue weighted by Crippen LogP contribution is -2.45. The summed E-state index contributed by atoms with van der Waals surface area (Å²) in [5.74, 6) is -1.89. The molecule has 2 amide bonds. The predicted molar refractivity (Wildman–Crippen MR) is 146 cm³/mol. The summed E-state index contributed by atoms with van der Waals surface area (Å²) in [5, 5.41) is 0. The van der Waals surface area contributed by atoms with Gasteiger partial charge < -0.3 is 14.5 Å². The zero-order valence-electron chi connectivity index (χ0n) is 22.1. The van der Waals surface area contributed by atoms with Crippen molar-refractivity contribution in [2.24, 2.45) is 0 Å². The summed E-state index contributed by atoms with van der Waals surface area (Å²) in [5.41, 5.74) is 1.12. The summed E-state index contributed by atoms with van der Waals surface area (Å²) in [7, 11) is 0. The molecule has 5 nitrogen and oxygen atoms in total. The number of rotatable bonds is 8. The van der Waals surface area contributed by atoms with Gasteiger partial charge in [0.2, 0.25) is 5.91 Å². The van der Waals surface area contributed by atoms with E-state index in [0.717, 1.165) is 35.8 Å². The Balaban J connectivity index is 1.30. The van der Waals surface area contributed by atoms with E-state index in [0.29, 0.717) is 39.0 Å². The van der Waals surface area contributed by atoms with Gasteiger partial charge in [-0.05, 0) is 63.3 Å². The third-order valence-corrected chi connectivity index (χ3v) is 8.28. The number of halogens is 2. The minimum atomic E-state index is -0.956. The Morgan fingerprint density at radius 3 is 2.16 bits per heavy atom. The molecule has 0 N–H and O–H groups in total. The number of likely N-dealkylation sites (tertiary alicyclic amines) is 2. The molecule has 38 heavy (non-hydrogen) atoms.